The van der Waals surface area contributed by atoms with Crippen LogP contribution in [-0.4, -0.2) is 29.1 Å². The lowest BCUT2D eigenvalue weighted by Gasteiger charge is -2.07. The molecule has 6 nitrogen and oxygen atoms in total. The first kappa shape index (κ1) is 10.5. The van der Waals surface area contributed by atoms with Crippen molar-refractivity contribution in [3.05, 3.63) is 18.0 Å². The molecule has 1 aliphatic rings. The standard InChI is InChI=1S/C10H12N4O2/c1-11-10(16)8-7(4-5-12-14-8)13-9(15)6-2-3-6/h4-6H,2-3H2,1H3,(H,11,16)(H,12,13,15). The minimum atomic E-state index is -0.362. The number of hydrogen-bond acceptors (Lipinski definition) is 4. The normalized spacial score (nSPS) is 14.3. The second-order valence-electron chi connectivity index (χ2n) is 3.64. The van der Waals surface area contributed by atoms with E-state index in [2.05, 4.69) is 20.8 Å². The van der Waals surface area contributed by atoms with Gasteiger partial charge in [0.1, 0.15) is 0 Å². The topological polar surface area (TPSA) is 84.0 Å². The van der Waals surface area contributed by atoms with Crippen LogP contribution in [0.2, 0.25) is 0 Å². The summed E-state index contributed by atoms with van der Waals surface area (Å²) in [6.07, 6.45) is 3.27. The van der Waals surface area contributed by atoms with Gasteiger partial charge in [0.15, 0.2) is 5.69 Å². The molecule has 1 aliphatic carbocycles. The Morgan fingerprint density at radius 1 is 1.44 bits per heavy atom. The Morgan fingerprint density at radius 2 is 2.19 bits per heavy atom. The van der Waals surface area contributed by atoms with Gasteiger partial charge in [-0.1, -0.05) is 0 Å². The van der Waals surface area contributed by atoms with Crippen molar-refractivity contribution < 1.29 is 9.59 Å². The monoisotopic (exact) mass is 220 g/mol. The van der Waals surface area contributed by atoms with E-state index in [1.54, 1.807) is 6.07 Å². The summed E-state index contributed by atoms with van der Waals surface area (Å²) >= 11 is 0. The lowest BCUT2D eigenvalue weighted by Crippen LogP contribution is -2.23. The van der Waals surface area contributed by atoms with Gasteiger partial charge in [-0.25, -0.2) is 0 Å². The minimum Gasteiger partial charge on any atom is -0.354 e. The van der Waals surface area contributed by atoms with Gasteiger partial charge in [0.2, 0.25) is 5.91 Å². The maximum Gasteiger partial charge on any atom is 0.273 e. The van der Waals surface area contributed by atoms with Gasteiger partial charge in [-0.3, -0.25) is 9.59 Å². The Kier molecular flexibility index (Phi) is 2.80. The number of hydrogen-bond donors (Lipinski definition) is 2. The third-order valence-corrected chi connectivity index (χ3v) is 2.37. The van der Waals surface area contributed by atoms with Crippen LogP contribution < -0.4 is 10.6 Å². The minimum absolute atomic E-state index is 0.0573. The Labute approximate surface area is 92.4 Å². The summed E-state index contributed by atoms with van der Waals surface area (Å²) in [5.41, 5.74) is 0.547. The molecule has 0 saturated heterocycles. The lowest BCUT2D eigenvalue weighted by atomic mass is 10.3. The van der Waals surface area contributed by atoms with E-state index in [4.69, 9.17) is 0 Å². The van der Waals surface area contributed by atoms with Crippen LogP contribution in [0.5, 0.6) is 0 Å². The van der Waals surface area contributed by atoms with Crippen LogP contribution in [-0.2, 0) is 4.79 Å². The molecule has 0 spiro atoms. The van der Waals surface area contributed by atoms with Crippen molar-refractivity contribution in [2.75, 3.05) is 12.4 Å². The third kappa shape index (κ3) is 2.16. The third-order valence-electron chi connectivity index (χ3n) is 2.37. The number of anilines is 1. The van der Waals surface area contributed by atoms with Gasteiger partial charge >= 0.3 is 0 Å². The number of nitrogens with zero attached hydrogens (tertiary/aromatic N) is 2. The van der Waals surface area contributed by atoms with Crippen molar-refractivity contribution in [3.8, 4) is 0 Å². The summed E-state index contributed by atoms with van der Waals surface area (Å²) in [5.74, 6) is -0.331. The molecular formula is C10H12N4O2. The van der Waals surface area contributed by atoms with E-state index in [1.807, 2.05) is 0 Å². The molecule has 2 amide bonds. The lowest BCUT2D eigenvalue weighted by molar-refractivity contribution is -0.117. The van der Waals surface area contributed by atoms with E-state index < -0.39 is 0 Å². The van der Waals surface area contributed by atoms with Crippen LogP contribution in [0.15, 0.2) is 12.3 Å². The number of amides is 2. The van der Waals surface area contributed by atoms with Gasteiger partial charge < -0.3 is 10.6 Å². The Morgan fingerprint density at radius 3 is 2.81 bits per heavy atom. The molecule has 1 aromatic heterocycles. The number of rotatable bonds is 3. The zero-order valence-electron chi connectivity index (χ0n) is 8.86. The SMILES string of the molecule is CNC(=O)c1nnccc1NC(=O)C1CC1. The second-order valence-corrected chi connectivity index (χ2v) is 3.64. The molecule has 0 aromatic carbocycles. The van der Waals surface area contributed by atoms with E-state index >= 15 is 0 Å². The van der Waals surface area contributed by atoms with Gasteiger partial charge in [0.25, 0.3) is 5.91 Å². The van der Waals surface area contributed by atoms with Gasteiger partial charge in [0.05, 0.1) is 11.9 Å². The zero-order chi connectivity index (χ0) is 11.5. The molecule has 0 atom stereocenters. The molecular weight excluding hydrogens is 208 g/mol. The van der Waals surface area contributed by atoms with E-state index in [9.17, 15) is 9.59 Å². The molecule has 84 valence electrons. The highest BCUT2D eigenvalue weighted by Gasteiger charge is 2.30. The number of carbonyl (C=O) groups is 2. The van der Waals surface area contributed by atoms with Crippen LogP contribution >= 0.6 is 0 Å². The first-order valence-electron chi connectivity index (χ1n) is 5.07. The number of nitrogens with one attached hydrogen (secondary N) is 2. The molecule has 2 N–H and O–H groups in total. The van der Waals surface area contributed by atoms with E-state index in [0.717, 1.165) is 12.8 Å². The summed E-state index contributed by atoms with van der Waals surface area (Å²) in [6.45, 7) is 0. The summed E-state index contributed by atoms with van der Waals surface area (Å²) < 4.78 is 0. The van der Waals surface area contributed by atoms with Gasteiger partial charge in [-0.05, 0) is 18.9 Å². The van der Waals surface area contributed by atoms with Crippen molar-refractivity contribution in [1.82, 2.24) is 15.5 Å². The highest BCUT2D eigenvalue weighted by atomic mass is 16.2. The van der Waals surface area contributed by atoms with Crippen LogP contribution in [0.1, 0.15) is 23.3 Å². The molecule has 1 aromatic rings. The first-order valence-corrected chi connectivity index (χ1v) is 5.07. The van der Waals surface area contributed by atoms with Gasteiger partial charge in [-0.15, -0.1) is 5.10 Å². The fourth-order valence-corrected chi connectivity index (χ4v) is 1.30. The van der Waals surface area contributed by atoms with Gasteiger partial charge in [0, 0.05) is 13.0 Å². The first-order chi connectivity index (χ1) is 7.72. The van der Waals surface area contributed by atoms with E-state index in [0.29, 0.717) is 5.69 Å². The van der Waals surface area contributed by atoms with Gasteiger partial charge in [-0.2, -0.15) is 5.10 Å². The highest BCUT2D eigenvalue weighted by Crippen LogP contribution is 2.30. The summed E-state index contributed by atoms with van der Waals surface area (Å²) in [4.78, 5) is 23.0. The summed E-state index contributed by atoms with van der Waals surface area (Å²) in [5, 5.41) is 12.5. The Balaban J connectivity index is 2.18. The predicted molar refractivity (Wildman–Crippen MR) is 56.8 cm³/mol. The van der Waals surface area contributed by atoms with Crippen molar-refractivity contribution in [2.45, 2.75) is 12.8 Å². The molecule has 1 saturated carbocycles. The van der Waals surface area contributed by atoms with E-state index in [-0.39, 0.29) is 23.4 Å². The second kappa shape index (κ2) is 4.26. The quantitative estimate of drug-likeness (QED) is 0.761. The zero-order valence-corrected chi connectivity index (χ0v) is 8.86. The smallest absolute Gasteiger partial charge is 0.273 e. The molecule has 0 bridgehead atoms. The number of carbonyl (C=O) groups excluding carboxylic acids is 2. The fraction of sp³-hybridized carbons (Fsp3) is 0.400. The van der Waals surface area contributed by atoms with Crippen molar-refractivity contribution >= 4 is 17.5 Å². The maximum atomic E-state index is 11.5. The Bertz CT molecular complexity index is 429. The maximum absolute atomic E-state index is 11.5. The predicted octanol–water partition coefficient (Wildman–Crippen LogP) is 0.185. The molecule has 0 radical (unpaired) electrons. The van der Waals surface area contributed by atoms with Crippen molar-refractivity contribution in [1.29, 1.82) is 0 Å². The van der Waals surface area contributed by atoms with E-state index in [1.165, 1.54) is 13.2 Å². The van der Waals surface area contributed by atoms with Crippen LogP contribution in [0.3, 0.4) is 0 Å². The van der Waals surface area contributed by atoms with Crippen LogP contribution in [0, 0.1) is 5.92 Å². The molecule has 2 rings (SSSR count). The highest BCUT2D eigenvalue weighted by molar-refractivity contribution is 6.02. The largest absolute Gasteiger partial charge is 0.354 e. The molecule has 16 heavy (non-hydrogen) atoms. The summed E-state index contributed by atoms with van der Waals surface area (Å²) in [7, 11) is 1.50. The molecule has 1 heterocycles. The molecule has 6 heteroatoms. The average molecular weight is 220 g/mol. The molecule has 0 aliphatic heterocycles. The molecule has 0 unspecified atom stereocenters. The van der Waals surface area contributed by atoms with Crippen molar-refractivity contribution in [2.24, 2.45) is 5.92 Å². The summed E-state index contributed by atoms with van der Waals surface area (Å²) in [6, 6.07) is 1.57. The average Bonchev–Trinajstić information content (AvgIpc) is 3.12. The van der Waals surface area contributed by atoms with Crippen molar-refractivity contribution in [3.63, 3.8) is 0 Å². The fourth-order valence-electron chi connectivity index (χ4n) is 1.30. The van der Waals surface area contributed by atoms with Crippen LogP contribution in [0.25, 0.3) is 0 Å². The van der Waals surface area contributed by atoms with Crippen LogP contribution in [0.4, 0.5) is 5.69 Å². The molecule has 1 fully saturated rings. The number of aromatic nitrogens is 2. The Hall–Kier alpha value is -1.98.